The van der Waals surface area contributed by atoms with Crippen molar-refractivity contribution in [1.29, 1.82) is 5.26 Å². The number of aryl methyl sites for hydroxylation is 3. The first-order chi connectivity index (χ1) is 14.9. The zero-order valence-electron chi connectivity index (χ0n) is 17.7. The first kappa shape index (κ1) is 22.3. The maximum absolute atomic E-state index is 12.6. The van der Waals surface area contributed by atoms with E-state index in [0.717, 1.165) is 26.7 Å². The van der Waals surface area contributed by atoms with Crippen LogP contribution in [0.25, 0.3) is 6.08 Å². The van der Waals surface area contributed by atoms with Crippen LogP contribution in [0.5, 0.6) is 5.75 Å². The molecule has 0 aromatic heterocycles. The maximum Gasteiger partial charge on any atom is 0.266 e. The van der Waals surface area contributed by atoms with E-state index in [0.29, 0.717) is 18.0 Å². The van der Waals surface area contributed by atoms with Gasteiger partial charge in [-0.3, -0.25) is 4.79 Å². The van der Waals surface area contributed by atoms with E-state index < -0.39 is 5.91 Å². The molecule has 1 N–H and O–H groups in total. The van der Waals surface area contributed by atoms with Gasteiger partial charge < -0.3 is 10.1 Å². The summed E-state index contributed by atoms with van der Waals surface area (Å²) in [4.78, 5) is 12.6. The van der Waals surface area contributed by atoms with Crippen molar-refractivity contribution in [2.75, 3.05) is 5.32 Å². The standard InChI is InChI=1S/C26H23BrN2O2/c1-17-5-8-20(9-6-17)16-31-25-11-10-21(14-23(25)27)13-22(15-28)26(30)29-24-12-18(2)4-7-19(24)3/h4-14H,16H2,1-3H3,(H,29,30)/b22-13+. The molecule has 5 heteroatoms. The lowest BCUT2D eigenvalue weighted by Crippen LogP contribution is -2.14. The molecule has 0 fully saturated rings. The Morgan fingerprint density at radius 3 is 2.42 bits per heavy atom. The van der Waals surface area contributed by atoms with Crippen molar-refractivity contribution in [3.63, 3.8) is 0 Å². The molecule has 31 heavy (non-hydrogen) atoms. The van der Waals surface area contributed by atoms with E-state index in [-0.39, 0.29) is 5.57 Å². The lowest BCUT2D eigenvalue weighted by atomic mass is 10.1. The molecule has 0 aliphatic rings. The van der Waals surface area contributed by atoms with Crippen molar-refractivity contribution in [2.24, 2.45) is 0 Å². The van der Waals surface area contributed by atoms with Gasteiger partial charge in [0.1, 0.15) is 24.0 Å². The SMILES string of the molecule is Cc1ccc(COc2ccc(/C=C(\C#N)C(=O)Nc3cc(C)ccc3C)cc2Br)cc1. The molecule has 0 radical (unpaired) electrons. The van der Waals surface area contributed by atoms with Gasteiger partial charge in [0.15, 0.2) is 0 Å². The van der Waals surface area contributed by atoms with Crippen molar-refractivity contribution < 1.29 is 9.53 Å². The number of nitriles is 1. The van der Waals surface area contributed by atoms with E-state index in [9.17, 15) is 10.1 Å². The van der Waals surface area contributed by atoms with Gasteiger partial charge in [-0.15, -0.1) is 0 Å². The first-order valence-corrected chi connectivity index (χ1v) is 10.6. The van der Waals surface area contributed by atoms with Gasteiger partial charge in [-0.2, -0.15) is 5.26 Å². The Morgan fingerprint density at radius 2 is 1.74 bits per heavy atom. The zero-order chi connectivity index (χ0) is 22.4. The minimum atomic E-state index is -0.438. The molecule has 0 heterocycles. The highest BCUT2D eigenvalue weighted by atomic mass is 79.9. The average molecular weight is 475 g/mol. The molecule has 0 unspecified atom stereocenters. The number of ether oxygens (including phenoxy) is 1. The number of carbonyl (C=O) groups is 1. The highest BCUT2D eigenvalue weighted by molar-refractivity contribution is 9.10. The van der Waals surface area contributed by atoms with E-state index in [1.54, 1.807) is 6.08 Å². The largest absolute Gasteiger partial charge is 0.488 e. The van der Waals surface area contributed by atoms with Gasteiger partial charge in [0.05, 0.1) is 4.47 Å². The Bertz CT molecular complexity index is 1180. The molecule has 3 rings (SSSR count). The number of anilines is 1. The van der Waals surface area contributed by atoms with Gasteiger partial charge >= 0.3 is 0 Å². The Kier molecular flexibility index (Phi) is 7.28. The summed E-state index contributed by atoms with van der Waals surface area (Å²) in [5.74, 6) is 0.253. The van der Waals surface area contributed by atoms with E-state index >= 15 is 0 Å². The van der Waals surface area contributed by atoms with Crippen molar-refractivity contribution in [3.8, 4) is 11.8 Å². The molecule has 0 aliphatic carbocycles. The molecule has 1 amide bonds. The van der Waals surface area contributed by atoms with Crippen LogP contribution in [0.3, 0.4) is 0 Å². The number of hydrogen-bond donors (Lipinski definition) is 1. The van der Waals surface area contributed by atoms with Crippen LogP contribution in [-0.4, -0.2) is 5.91 Å². The predicted octanol–water partition coefficient (Wildman–Crippen LogP) is 6.50. The zero-order valence-corrected chi connectivity index (χ0v) is 19.3. The minimum absolute atomic E-state index is 0.0288. The highest BCUT2D eigenvalue weighted by Crippen LogP contribution is 2.28. The highest BCUT2D eigenvalue weighted by Gasteiger charge is 2.12. The third-order valence-electron chi connectivity index (χ3n) is 4.79. The second-order valence-electron chi connectivity index (χ2n) is 7.41. The summed E-state index contributed by atoms with van der Waals surface area (Å²) in [5, 5.41) is 12.3. The quantitative estimate of drug-likeness (QED) is 0.327. The van der Waals surface area contributed by atoms with E-state index in [1.807, 2.05) is 87.5 Å². The lowest BCUT2D eigenvalue weighted by molar-refractivity contribution is -0.112. The van der Waals surface area contributed by atoms with Gasteiger partial charge in [-0.05, 0) is 83.2 Å². The van der Waals surface area contributed by atoms with Crippen LogP contribution < -0.4 is 10.1 Å². The number of nitrogens with one attached hydrogen (secondary N) is 1. The number of halogens is 1. The van der Waals surface area contributed by atoms with Crippen LogP contribution >= 0.6 is 15.9 Å². The smallest absolute Gasteiger partial charge is 0.266 e. The Labute approximate surface area is 191 Å². The van der Waals surface area contributed by atoms with Crippen molar-refractivity contribution in [2.45, 2.75) is 27.4 Å². The second kappa shape index (κ2) is 10.1. The normalized spacial score (nSPS) is 11.0. The number of carbonyl (C=O) groups excluding carboxylic acids is 1. The molecular weight excluding hydrogens is 452 g/mol. The molecule has 3 aromatic carbocycles. The lowest BCUT2D eigenvalue weighted by Gasteiger charge is -2.10. The van der Waals surface area contributed by atoms with Crippen molar-refractivity contribution >= 4 is 33.6 Å². The predicted molar refractivity (Wildman–Crippen MR) is 128 cm³/mol. The van der Waals surface area contributed by atoms with Gasteiger partial charge in [-0.25, -0.2) is 0 Å². The summed E-state index contributed by atoms with van der Waals surface area (Å²) in [6.45, 7) is 6.37. The molecule has 0 saturated carbocycles. The number of amides is 1. The molecular formula is C26H23BrN2O2. The maximum atomic E-state index is 12.6. The topological polar surface area (TPSA) is 62.1 Å². The summed E-state index contributed by atoms with van der Waals surface area (Å²) in [7, 11) is 0. The van der Waals surface area contributed by atoms with Crippen molar-refractivity contribution in [1.82, 2.24) is 0 Å². The molecule has 0 atom stereocenters. The van der Waals surface area contributed by atoms with Crippen LogP contribution in [0, 0.1) is 32.1 Å². The monoisotopic (exact) mass is 474 g/mol. The van der Waals surface area contributed by atoms with Gasteiger partial charge in [-0.1, -0.05) is 48.0 Å². The summed E-state index contributed by atoms with van der Waals surface area (Å²) < 4.78 is 6.64. The summed E-state index contributed by atoms with van der Waals surface area (Å²) in [5.41, 5.74) is 5.71. The van der Waals surface area contributed by atoms with Crippen LogP contribution in [0.1, 0.15) is 27.8 Å². The average Bonchev–Trinajstić information content (AvgIpc) is 2.75. The Hall–Kier alpha value is -3.36. The summed E-state index contributed by atoms with van der Waals surface area (Å²) in [6, 6.07) is 21.4. The second-order valence-corrected chi connectivity index (χ2v) is 8.26. The van der Waals surface area contributed by atoms with Gasteiger partial charge in [0.25, 0.3) is 5.91 Å². The fraction of sp³-hybridized carbons (Fsp3) is 0.154. The number of benzene rings is 3. The number of rotatable bonds is 6. The molecule has 156 valence electrons. The summed E-state index contributed by atoms with van der Waals surface area (Å²) in [6.07, 6.45) is 1.56. The van der Waals surface area contributed by atoms with Gasteiger partial charge in [0, 0.05) is 5.69 Å². The van der Waals surface area contributed by atoms with Crippen molar-refractivity contribution in [3.05, 3.63) is 98.5 Å². The van der Waals surface area contributed by atoms with Crippen LogP contribution in [-0.2, 0) is 11.4 Å². The first-order valence-electron chi connectivity index (χ1n) is 9.84. The van der Waals surface area contributed by atoms with E-state index in [1.165, 1.54) is 5.56 Å². The van der Waals surface area contributed by atoms with Crippen LogP contribution in [0.2, 0.25) is 0 Å². The van der Waals surface area contributed by atoms with Crippen LogP contribution in [0.4, 0.5) is 5.69 Å². The van der Waals surface area contributed by atoms with E-state index in [2.05, 4.69) is 21.2 Å². The Morgan fingerprint density at radius 1 is 1.03 bits per heavy atom. The number of hydrogen-bond acceptors (Lipinski definition) is 3. The van der Waals surface area contributed by atoms with Gasteiger partial charge in [0.2, 0.25) is 0 Å². The number of nitrogens with zero attached hydrogens (tertiary/aromatic N) is 1. The minimum Gasteiger partial charge on any atom is -0.488 e. The summed E-state index contributed by atoms with van der Waals surface area (Å²) >= 11 is 3.51. The molecule has 0 aliphatic heterocycles. The fourth-order valence-corrected chi connectivity index (χ4v) is 3.46. The van der Waals surface area contributed by atoms with E-state index in [4.69, 9.17) is 4.74 Å². The fourth-order valence-electron chi connectivity index (χ4n) is 2.94. The molecule has 0 bridgehead atoms. The third kappa shape index (κ3) is 6.07. The van der Waals surface area contributed by atoms with Crippen LogP contribution in [0.15, 0.2) is 70.7 Å². The third-order valence-corrected chi connectivity index (χ3v) is 5.41. The molecule has 0 spiro atoms. The Balaban J connectivity index is 1.72. The molecule has 4 nitrogen and oxygen atoms in total. The molecule has 0 saturated heterocycles. The molecule has 3 aromatic rings.